The Morgan fingerprint density at radius 2 is 1.61 bits per heavy atom. The van der Waals surface area contributed by atoms with Crippen LogP contribution < -0.4 is 21.3 Å². The first-order valence-corrected chi connectivity index (χ1v) is 18.0. The second kappa shape index (κ2) is 19.2. The predicted molar refractivity (Wildman–Crippen MR) is 188 cm³/mol. The Morgan fingerprint density at radius 1 is 0.941 bits per heavy atom. The Hall–Kier alpha value is -4.49. The van der Waals surface area contributed by atoms with Crippen molar-refractivity contribution in [2.24, 2.45) is 17.3 Å². The van der Waals surface area contributed by atoms with E-state index in [9.17, 15) is 33.6 Å². The van der Waals surface area contributed by atoms with Crippen molar-refractivity contribution in [1.29, 1.82) is 0 Å². The highest BCUT2D eigenvalue weighted by Gasteiger charge is 2.47. The monoisotopic (exact) mass is 713 g/mol. The molecule has 5 amide bonds. The summed E-state index contributed by atoms with van der Waals surface area (Å²) in [4.78, 5) is 93.6. The summed E-state index contributed by atoms with van der Waals surface area (Å²) in [7, 11) is 1.19. The van der Waals surface area contributed by atoms with E-state index in [-0.39, 0.29) is 37.3 Å². The molecule has 2 fully saturated rings. The standard InChI is InChI=1S/C37H55N5O9/c1-7-14-26(31(44)33(46)38-20-28(43)40-30(35(48)50-6)25-17-12-9-13-18-25)39-32(45)27-19-37(4,5)22-42(27)34(47)29(24-15-10-8-11-16-24)41-36(49)51-21-23(2)3/h9,12-13,17-18,23-24,26-27,29-30H,7-8,10-11,14-16,19-22H2,1-6H3,(H,38,46)(H,39,45)(H,40,43)(H,41,49)/t26?,27-,29-,30?/m0/s1. The van der Waals surface area contributed by atoms with E-state index in [1.54, 1.807) is 37.3 Å². The zero-order valence-corrected chi connectivity index (χ0v) is 30.8. The minimum absolute atomic E-state index is 0.114. The zero-order valence-electron chi connectivity index (χ0n) is 30.8. The summed E-state index contributed by atoms with van der Waals surface area (Å²) in [6.07, 6.45) is 4.63. The Labute approximate surface area is 300 Å². The molecule has 2 aliphatic rings. The molecule has 51 heavy (non-hydrogen) atoms. The van der Waals surface area contributed by atoms with E-state index in [1.165, 1.54) is 12.0 Å². The molecule has 1 aromatic rings. The van der Waals surface area contributed by atoms with Gasteiger partial charge in [-0.2, -0.15) is 0 Å². The predicted octanol–water partition coefficient (Wildman–Crippen LogP) is 2.95. The number of likely N-dealkylation sites (tertiary alicyclic amines) is 1. The number of hydrogen-bond donors (Lipinski definition) is 4. The number of carbonyl (C=O) groups excluding carboxylic acids is 7. The number of ketones is 1. The van der Waals surface area contributed by atoms with Gasteiger partial charge in [-0.05, 0) is 48.5 Å². The van der Waals surface area contributed by atoms with E-state index in [0.29, 0.717) is 18.4 Å². The van der Waals surface area contributed by atoms with Crippen LogP contribution >= 0.6 is 0 Å². The van der Waals surface area contributed by atoms with Crippen LogP contribution in [0.15, 0.2) is 30.3 Å². The maximum atomic E-state index is 14.2. The number of rotatable bonds is 16. The van der Waals surface area contributed by atoms with Crippen molar-refractivity contribution >= 4 is 41.5 Å². The lowest BCUT2D eigenvalue weighted by Crippen LogP contribution is -2.58. The van der Waals surface area contributed by atoms with Crippen LogP contribution in [0.25, 0.3) is 0 Å². The van der Waals surface area contributed by atoms with Crippen molar-refractivity contribution in [2.75, 3.05) is 26.8 Å². The first-order valence-electron chi connectivity index (χ1n) is 18.0. The summed E-state index contributed by atoms with van der Waals surface area (Å²) in [5.41, 5.74) is 0.0318. The molecule has 1 heterocycles. The number of methoxy groups -OCH3 is 1. The Bertz CT molecular complexity index is 1390. The SMILES string of the molecule is CCCC(NC(=O)[C@@H]1CC(C)(C)CN1C(=O)[C@@H](NC(=O)OCC(C)C)C1CCCCC1)C(=O)C(=O)NCC(=O)NC(C(=O)OC)c1ccccc1. The number of Topliss-reactive ketones (excluding diaryl/α,β-unsaturated/α-hetero) is 1. The van der Waals surface area contributed by atoms with Gasteiger partial charge in [0.25, 0.3) is 5.91 Å². The Kier molecular flexibility index (Phi) is 15.4. The first kappa shape index (κ1) is 40.9. The topological polar surface area (TPSA) is 189 Å². The van der Waals surface area contributed by atoms with E-state index in [0.717, 1.165) is 32.1 Å². The van der Waals surface area contributed by atoms with Crippen LogP contribution in [0.1, 0.15) is 97.6 Å². The molecule has 1 saturated heterocycles. The van der Waals surface area contributed by atoms with Gasteiger partial charge in [-0.3, -0.25) is 24.0 Å². The lowest BCUT2D eigenvalue weighted by Gasteiger charge is -2.35. The average molecular weight is 714 g/mol. The molecule has 14 nitrogen and oxygen atoms in total. The summed E-state index contributed by atoms with van der Waals surface area (Å²) in [5.74, 6) is -4.44. The summed E-state index contributed by atoms with van der Waals surface area (Å²) in [6, 6.07) is 4.25. The number of esters is 1. The third kappa shape index (κ3) is 12.1. The van der Waals surface area contributed by atoms with Crippen molar-refractivity contribution in [3.05, 3.63) is 35.9 Å². The normalized spacial score (nSPS) is 18.9. The van der Waals surface area contributed by atoms with Crippen LogP contribution in [0, 0.1) is 17.3 Å². The molecule has 0 bridgehead atoms. The minimum Gasteiger partial charge on any atom is -0.467 e. The summed E-state index contributed by atoms with van der Waals surface area (Å²) in [6.45, 7) is 9.36. The van der Waals surface area contributed by atoms with Crippen molar-refractivity contribution in [3.63, 3.8) is 0 Å². The van der Waals surface area contributed by atoms with Crippen molar-refractivity contribution in [1.82, 2.24) is 26.2 Å². The fourth-order valence-corrected chi connectivity index (χ4v) is 6.66. The van der Waals surface area contributed by atoms with Gasteiger partial charge >= 0.3 is 12.1 Å². The van der Waals surface area contributed by atoms with Gasteiger partial charge in [-0.15, -0.1) is 0 Å². The molecule has 1 aromatic carbocycles. The van der Waals surface area contributed by atoms with Gasteiger partial charge in [0.1, 0.15) is 12.1 Å². The van der Waals surface area contributed by atoms with E-state index in [2.05, 4.69) is 21.3 Å². The van der Waals surface area contributed by atoms with Gasteiger partial charge in [0.05, 0.1) is 26.3 Å². The molecule has 0 radical (unpaired) electrons. The summed E-state index contributed by atoms with van der Waals surface area (Å²) in [5, 5.41) is 10.3. The second-order valence-corrected chi connectivity index (χ2v) is 14.7. The largest absolute Gasteiger partial charge is 0.467 e. The van der Waals surface area contributed by atoms with Crippen molar-refractivity contribution in [2.45, 2.75) is 110 Å². The third-order valence-corrected chi connectivity index (χ3v) is 9.23. The minimum atomic E-state index is -1.21. The third-order valence-electron chi connectivity index (χ3n) is 9.23. The van der Waals surface area contributed by atoms with Gasteiger partial charge in [0.15, 0.2) is 6.04 Å². The molecule has 0 spiro atoms. The molecule has 1 aliphatic heterocycles. The molecule has 282 valence electrons. The quantitative estimate of drug-likeness (QED) is 0.148. The number of carbonyl (C=O) groups is 7. The molecular formula is C37H55N5O9. The molecule has 4 atom stereocenters. The average Bonchev–Trinajstić information content (AvgIpc) is 3.45. The Balaban J connectivity index is 1.70. The molecule has 1 saturated carbocycles. The van der Waals surface area contributed by atoms with Crippen LogP contribution in [-0.2, 0) is 38.2 Å². The van der Waals surface area contributed by atoms with E-state index in [4.69, 9.17) is 9.47 Å². The smallest absolute Gasteiger partial charge is 0.407 e. The maximum Gasteiger partial charge on any atom is 0.407 e. The summed E-state index contributed by atoms with van der Waals surface area (Å²) >= 11 is 0. The van der Waals surface area contributed by atoms with Crippen molar-refractivity contribution in [3.8, 4) is 0 Å². The molecule has 2 unspecified atom stereocenters. The van der Waals surface area contributed by atoms with Gasteiger partial charge < -0.3 is 35.6 Å². The molecular weight excluding hydrogens is 658 g/mol. The van der Waals surface area contributed by atoms with Crippen LogP contribution in [0.4, 0.5) is 4.79 Å². The first-order chi connectivity index (χ1) is 24.2. The van der Waals surface area contributed by atoms with Crippen LogP contribution in [0.2, 0.25) is 0 Å². The summed E-state index contributed by atoms with van der Waals surface area (Å²) < 4.78 is 10.1. The fourth-order valence-electron chi connectivity index (χ4n) is 6.66. The highest BCUT2D eigenvalue weighted by Crippen LogP contribution is 2.36. The number of amides is 5. The number of ether oxygens (including phenoxy) is 2. The zero-order chi connectivity index (χ0) is 37.7. The van der Waals surface area contributed by atoms with E-state index < -0.39 is 71.7 Å². The molecule has 3 rings (SSSR count). The van der Waals surface area contributed by atoms with Gasteiger partial charge in [0.2, 0.25) is 23.5 Å². The number of hydrogen-bond acceptors (Lipinski definition) is 9. The van der Waals surface area contributed by atoms with Crippen LogP contribution in [0.3, 0.4) is 0 Å². The Morgan fingerprint density at radius 3 is 2.22 bits per heavy atom. The fraction of sp³-hybridized carbons (Fsp3) is 0.649. The number of benzene rings is 1. The van der Waals surface area contributed by atoms with E-state index in [1.807, 2.05) is 27.7 Å². The molecule has 1 aliphatic carbocycles. The molecule has 0 aromatic heterocycles. The van der Waals surface area contributed by atoms with E-state index >= 15 is 0 Å². The second-order valence-electron chi connectivity index (χ2n) is 14.7. The number of nitrogens with zero attached hydrogens (tertiary/aromatic N) is 1. The lowest BCUT2D eigenvalue weighted by molar-refractivity contribution is -0.145. The molecule has 14 heteroatoms. The number of alkyl carbamates (subject to hydrolysis) is 1. The van der Waals surface area contributed by atoms with Gasteiger partial charge in [-0.1, -0.05) is 90.6 Å². The maximum absolute atomic E-state index is 14.2. The molecule has 4 N–H and O–H groups in total. The van der Waals surface area contributed by atoms with Crippen LogP contribution in [0.5, 0.6) is 0 Å². The van der Waals surface area contributed by atoms with Crippen molar-refractivity contribution < 1.29 is 43.0 Å². The number of nitrogens with one attached hydrogen (secondary N) is 4. The highest BCUT2D eigenvalue weighted by molar-refractivity contribution is 6.38. The highest BCUT2D eigenvalue weighted by atomic mass is 16.5. The van der Waals surface area contributed by atoms with Gasteiger partial charge in [-0.25, -0.2) is 9.59 Å². The van der Waals surface area contributed by atoms with Gasteiger partial charge in [0, 0.05) is 6.54 Å². The van der Waals surface area contributed by atoms with Crippen LogP contribution in [-0.4, -0.2) is 91.3 Å². The lowest BCUT2D eigenvalue weighted by atomic mass is 9.83.